The van der Waals surface area contributed by atoms with Crippen molar-refractivity contribution in [3.8, 4) is 5.75 Å². The molecular formula is C18H20O. The van der Waals surface area contributed by atoms with Crippen molar-refractivity contribution >= 4 is 0 Å². The zero-order valence-electron chi connectivity index (χ0n) is 11.6. The first kappa shape index (κ1) is 13.4. The molecular weight excluding hydrogens is 232 g/mol. The van der Waals surface area contributed by atoms with Gasteiger partial charge in [-0.25, -0.2) is 0 Å². The molecule has 1 nitrogen and oxygen atoms in total. The second-order valence-electron chi connectivity index (χ2n) is 5.00. The average molecular weight is 252 g/mol. The zero-order valence-corrected chi connectivity index (χ0v) is 11.6. The maximum Gasteiger partial charge on any atom is 0.120 e. The van der Waals surface area contributed by atoms with Crippen LogP contribution in [0.15, 0.2) is 60.7 Å². The Kier molecular flexibility index (Phi) is 4.40. The van der Waals surface area contributed by atoms with E-state index in [9.17, 15) is 0 Å². The summed E-state index contributed by atoms with van der Waals surface area (Å²) in [6.45, 7) is 8.74. The molecule has 0 radical (unpaired) electrons. The normalized spacial score (nSPS) is 10.2. The Bertz CT molecular complexity index is 555. The second kappa shape index (κ2) is 6.24. The Balaban J connectivity index is 2.02. The maximum absolute atomic E-state index is 5.81. The molecule has 1 heteroatoms. The summed E-state index contributed by atoms with van der Waals surface area (Å²) in [7, 11) is 0. The number of ether oxygens (including phenoxy) is 1. The lowest BCUT2D eigenvalue weighted by Gasteiger charge is -2.10. The largest absolute Gasteiger partial charge is 0.489 e. The number of allylic oxidation sites excluding steroid dienone is 1. The maximum atomic E-state index is 5.81. The summed E-state index contributed by atoms with van der Waals surface area (Å²) < 4.78 is 5.81. The van der Waals surface area contributed by atoms with Crippen molar-refractivity contribution in [1.82, 2.24) is 0 Å². The molecule has 0 heterocycles. The number of benzene rings is 2. The first-order chi connectivity index (χ1) is 9.15. The zero-order chi connectivity index (χ0) is 13.7. The van der Waals surface area contributed by atoms with E-state index in [1.54, 1.807) is 0 Å². The molecule has 0 aliphatic heterocycles. The molecule has 2 rings (SSSR count). The van der Waals surface area contributed by atoms with Crippen LogP contribution >= 0.6 is 0 Å². The minimum absolute atomic E-state index is 0.611. The van der Waals surface area contributed by atoms with Gasteiger partial charge < -0.3 is 4.74 Å². The molecule has 0 saturated carbocycles. The molecule has 0 N–H and O–H groups in total. The Morgan fingerprint density at radius 1 is 1.11 bits per heavy atom. The number of hydrogen-bond donors (Lipinski definition) is 0. The van der Waals surface area contributed by atoms with E-state index in [1.165, 1.54) is 22.3 Å². The second-order valence-corrected chi connectivity index (χ2v) is 5.00. The quantitative estimate of drug-likeness (QED) is 0.701. The fraction of sp³-hybridized carbons (Fsp3) is 0.222. The van der Waals surface area contributed by atoms with Crippen LogP contribution < -0.4 is 4.74 Å². The SMILES string of the molecule is C=C(C)Cc1ccc(OCc2ccccc2)cc1C. The minimum atomic E-state index is 0.611. The van der Waals surface area contributed by atoms with E-state index in [1.807, 2.05) is 24.3 Å². The van der Waals surface area contributed by atoms with Crippen LogP contribution in [-0.4, -0.2) is 0 Å². The van der Waals surface area contributed by atoms with Gasteiger partial charge in [-0.1, -0.05) is 48.6 Å². The predicted octanol–water partition coefficient (Wildman–Crippen LogP) is 4.69. The molecule has 0 amide bonds. The Labute approximate surface area is 115 Å². The molecule has 0 aromatic heterocycles. The highest BCUT2D eigenvalue weighted by atomic mass is 16.5. The number of aryl methyl sites for hydroxylation is 1. The van der Waals surface area contributed by atoms with E-state index in [0.717, 1.165) is 12.2 Å². The first-order valence-corrected chi connectivity index (χ1v) is 6.56. The van der Waals surface area contributed by atoms with E-state index in [-0.39, 0.29) is 0 Å². The standard InChI is InChI=1S/C18H20O/c1-14(2)11-17-9-10-18(12-15(17)3)19-13-16-7-5-4-6-8-16/h4-10,12H,1,11,13H2,2-3H3. The topological polar surface area (TPSA) is 9.23 Å². The molecule has 0 saturated heterocycles. The van der Waals surface area contributed by atoms with Gasteiger partial charge in [0.2, 0.25) is 0 Å². The lowest BCUT2D eigenvalue weighted by molar-refractivity contribution is 0.306. The van der Waals surface area contributed by atoms with Crippen LogP contribution in [0.25, 0.3) is 0 Å². The van der Waals surface area contributed by atoms with Crippen LogP contribution in [0.5, 0.6) is 5.75 Å². The third-order valence-corrected chi connectivity index (χ3v) is 3.05. The highest BCUT2D eigenvalue weighted by Crippen LogP contribution is 2.20. The van der Waals surface area contributed by atoms with E-state index in [4.69, 9.17) is 4.74 Å². The average Bonchev–Trinajstić information content (AvgIpc) is 2.40. The lowest BCUT2D eigenvalue weighted by Crippen LogP contribution is -1.97. The molecule has 0 bridgehead atoms. The molecule has 2 aromatic carbocycles. The summed E-state index contributed by atoms with van der Waals surface area (Å²) in [6, 6.07) is 16.5. The van der Waals surface area contributed by atoms with Crippen LogP contribution in [0.2, 0.25) is 0 Å². The summed E-state index contributed by atoms with van der Waals surface area (Å²) in [5.41, 5.74) is 4.94. The molecule has 2 aromatic rings. The third-order valence-electron chi connectivity index (χ3n) is 3.05. The summed E-state index contributed by atoms with van der Waals surface area (Å²) in [5, 5.41) is 0. The minimum Gasteiger partial charge on any atom is -0.489 e. The molecule has 0 unspecified atom stereocenters. The van der Waals surface area contributed by atoms with Gasteiger partial charge in [-0.3, -0.25) is 0 Å². The van der Waals surface area contributed by atoms with Crippen LogP contribution in [0, 0.1) is 6.92 Å². The summed E-state index contributed by atoms with van der Waals surface area (Å²) in [6.07, 6.45) is 0.935. The molecule has 19 heavy (non-hydrogen) atoms. The van der Waals surface area contributed by atoms with Crippen molar-refractivity contribution in [3.05, 3.63) is 77.4 Å². The molecule has 0 atom stereocenters. The lowest BCUT2D eigenvalue weighted by atomic mass is 10.0. The highest BCUT2D eigenvalue weighted by Gasteiger charge is 2.02. The van der Waals surface area contributed by atoms with E-state index >= 15 is 0 Å². The van der Waals surface area contributed by atoms with Gasteiger partial charge in [0.1, 0.15) is 12.4 Å². The van der Waals surface area contributed by atoms with Gasteiger partial charge in [0, 0.05) is 0 Å². The van der Waals surface area contributed by atoms with Crippen LogP contribution in [-0.2, 0) is 13.0 Å². The van der Waals surface area contributed by atoms with Gasteiger partial charge in [0.05, 0.1) is 0 Å². The van der Waals surface area contributed by atoms with Crippen molar-refractivity contribution in [1.29, 1.82) is 0 Å². The summed E-state index contributed by atoms with van der Waals surface area (Å²) >= 11 is 0. The molecule has 0 fully saturated rings. The van der Waals surface area contributed by atoms with Crippen molar-refractivity contribution in [3.63, 3.8) is 0 Å². The van der Waals surface area contributed by atoms with Crippen molar-refractivity contribution in [2.45, 2.75) is 26.9 Å². The van der Waals surface area contributed by atoms with Gasteiger partial charge in [0.25, 0.3) is 0 Å². The fourth-order valence-corrected chi connectivity index (χ4v) is 2.02. The molecule has 0 spiro atoms. The van der Waals surface area contributed by atoms with E-state index < -0.39 is 0 Å². The number of rotatable bonds is 5. The summed E-state index contributed by atoms with van der Waals surface area (Å²) in [5.74, 6) is 0.923. The van der Waals surface area contributed by atoms with E-state index in [0.29, 0.717) is 6.61 Å². The smallest absolute Gasteiger partial charge is 0.120 e. The van der Waals surface area contributed by atoms with Gasteiger partial charge in [-0.2, -0.15) is 0 Å². The van der Waals surface area contributed by atoms with Gasteiger partial charge in [-0.15, -0.1) is 0 Å². The van der Waals surface area contributed by atoms with Crippen molar-refractivity contribution in [2.24, 2.45) is 0 Å². The van der Waals surface area contributed by atoms with Gasteiger partial charge >= 0.3 is 0 Å². The van der Waals surface area contributed by atoms with Gasteiger partial charge in [-0.05, 0) is 49.1 Å². The Morgan fingerprint density at radius 2 is 1.84 bits per heavy atom. The monoisotopic (exact) mass is 252 g/mol. The first-order valence-electron chi connectivity index (χ1n) is 6.56. The number of hydrogen-bond acceptors (Lipinski definition) is 1. The van der Waals surface area contributed by atoms with Crippen molar-refractivity contribution in [2.75, 3.05) is 0 Å². The van der Waals surface area contributed by atoms with Crippen LogP contribution in [0.1, 0.15) is 23.6 Å². The highest BCUT2D eigenvalue weighted by molar-refractivity contribution is 5.36. The predicted molar refractivity (Wildman–Crippen MR) is 80.5 cm³/mol. The van der Waals surface area contributed by atoms with Gasteiger partial charge in [0.15, 0.2) is 0 Å². The fourth-order valence-electron chi connectivity index (χ4n) is 2.02. The molecule has 98 valence electrons. The summed E-state index contributed by atoms with van der Waals surface area (Å²) in [4.78, 5) is 0. The Hall–Kier alpha value is -2.02. The molecule has 0 aliphatic carbocycles. The molecule has 0 aliphatic rings. The van der Waals surface area contributed by atoms with Crippen LogP contribution in [0.3, 0.4) is 0 Å². The van der Waals surface area contributed by atoms with Crippen molar-refractivity contribution < 1.29 is 4.74 Å². The van der Waals surface area contributed by atoms with Crippen LogP contribution in [0.4, 0.5) is 0 Å². The van der Waals surface area contributed by atoms with E-state index in [2.05, 4.69) is 44.7 Å². The third kappa shape index (κ3) is 3.99. The Morgan fingerprint density at radius 3 is 2.47 bits per heavy atom.